The van der Waals surface area contributed by atoms with Crippen molar-refractivity contribution in [2.75, 3.05) is 6.54 Å². The second-order valence-corrected chi connectivity index (χ2v) is 5.52. The van der Waals surface area contributed by atoms with E-state index in [1.165, 1.54) is 12.5 Å². The summed E-state index contributed by atoms with van der Waals surface area (Å²) in [5.41, 5.74) is 1.06. The van der Waals surface area contributed by atoms with Gasteiger partial charge >= 0.3 is 0 Å². The summed E-state index contributed by atoms with van der Waals surface area (Å²) < 4.78 is 10.2. The molecule has 0 fully saturated rings. The molecular formula is C19H18N2O4. The van der Waals surface area contributed by atoms with Crippen molar-refractivity contribution in [3.05, 3.63) is 84.2 Å². The molecule has 0 radical (unpaired) electrons. The summed E-state index contributed by atoms with van der Waals surface area (Å²) in [7, 11) is 0. The van der Waals surface area contributed by atoms with E-state index in [0.29, 0.717) is 6.42 Å². The lowest BCUT2D eigenvalue weighted by atomic mass is 10.1. The van der Waals surface area contributed by atoms with Crippen LogP contribution in [0.15, 0.2) is 76.0 Å². The molecule has 3 rings (SSSR count). The van der Waals surface area contributed by atoms with E-state index in [0.717, 1.165) is 5.56 Å². The number of hydrogen-bond donors (Lipinski definition) is 2. The number of amides is 2. The molecule has 6 nitrogen and oxygen atoms in total. The van der Waals surface area contributed by atoms with Gasteiger partial charge in [0.1, 0.15) is 0 Å². The van der Waals surface area contributed by atoms with E-state index in [-0.39, 0.29) is 35.9 Å². The molecule has 0 aliphatic heterocycles. The van der Waals surface area contributed by atoms with Crippen molar-refractivity contribution in [1.82, 2.24) is 10.6 Å². The molecule has 0 bridgehead atoms. The van der Waals surface area contributed by atoms with Gasteiger partial charge in [-0.05, 0) is 36.2 Å². The summed E-state index contributed by atoms with van der Waals surface area (Å²) in [6, 6.07) is 15.9. The van der Waals surface area contributed by atoms with E-state index >= 15 is 0 Å². The lowest BCUT2D eigenvalue weighted by molar-refractivity contribution is 0.0881. The van der Waals surface area contributed by atoms with Crippen LogP contribution in [-0.2, 0) is 6.42 Å². The van der Waals surface area contributed by atoms with Gasteiger partial charge in [0, 0.05) is 6.54 Å². The minimum absolute atomic E-state index is 0.232. The Morgan fingerprint density at radius 1 is 0.840 bits per heavy atom. The molecule has 0 spiro atoms. The summed E-state index contributed by atoms with van der Waals surface area (Å²) >= 11 is 0. The van der Waals surface area contributed by atoms with Crippen molar-refractivity contribution in [3.63, 3.8) is 0 Å². The lowest BCUT2D eigenvalue weighted by Gasteiger charge is -2.19. The third kappa shape index (κ3) is 4.60. The zero-order valence-electron chi connectivity index (χ0n) is 13.5. The number of benzene rings is 1. The van der Waals surface area contributed by atoms with Crippen molar-refractivity contribution >= 4 is 11.8 Å². The smallest absolute Gasteiger partial charge is 0.287 e. The highest BCUT2D eigenvalue weighted by Crippen LogP contribution is 2.06. The molecule has 128 valence electrons. The number of hydrogen-bond acceptors (Lipinski definition) is 4. The number of rotatable bonds is 7. The van der Waals surface area contributed by atoms with Gasteiger partial charge in [0.2, 0.25) is 0 Å². The Labute approximate surface area is 144 Å². The Kier molecular flexibility index (Phi) is 5.31. The summed E-state index contributed by atoms with van der Waals surface area (Å²) in [5.74, 6) is -0.181. The molecular weight excluding hydrogens is 320 g/mol. The molecule has 2 aromatic heterocycles. The molecule has 25 heavy (non-hydrogen) atoms. The Morgan fingerprint density at radius 3 is 2.08 bits per heavy atom. The third-order valence-corrected chi connectivity index (χ3v) is 3.66. The van der Waals surface area contributed by atoms with Crippen molar-refractivity contribution in [3.8, 4) is 0 Å². The van der Waals surface area contributed by atoms with Crippen molar-refractivity contribution in [1.29, 1.82) is 0 Å². The van der Waals surface area contributed by atoms with Crippen LogP contribution in [-0.4, -0.2) is 24.4 Å². The van der Waals surface area contributed by atoms with Crippen LogP contribution in [0.25, 0.3) is 0 Å². The van der Waals surface area contributed by atoms with E-state index in [2.05, 4.69) is 10.6 Å². The highest BCUT2D eigenvalue weighted by Gasteiger charge is 2.18. The van der Waals surface area contributed by atoms with Gasteiger partial charge < -0.3 is 19.5 Å². The fraction of sp³-hybridized carbons (Fsp3) is 0.158. The standard InChI is InChI=1S/C19H18N2O4/c22-18(16-8-4-10-24-16)20-13-15(12-14-6-2-1-3-7-14)21-19(23)17-9-5-11-25-17/h1-11,15H,12-13H2,(H,20,22)(H,21,23)/t15-/m1/s1. The van der Waals surface area contributed by atoms with Crippen LogP contribution in [0.3, 0.4) is 0 Å². The van der Waals surface area contributed by atoms with Crippen LogP contribution in [0.4, 0.5) is 0 Å². The zero-order chi connectivity index (χ0) is 17.5. The van der Waals surface area contributed by atoms with E-state index in [1.807, 2.05) is 30.3 Å². The first kappa shape index (κ1) is 16.6. The maximum absolute atomic E-state index is 12.2. The second kappa shape index (κ2) is 8.01. The maximum Gasteiger partial charge on any atom is 0.287 e. The first-order valence-corrected chi connectivity index (χ1v) is 7.92. The molecule has 0 saturated heterocycles. The van der Waals surface area contributed by atoms with E-state index in [4.69, 9.17) is 8.83 Å². The van der Waals surface area contributed by atoms with Gasteiger partial charge in [0.15, 0.2) is 11.5 Å². The average molecular weight is 338 g/mol. The van der Waals surface area contributed by atoms with Crippen molar-refractivity contribution < 1.29 is 18.4 Å². The topological polar surface area (TPSA) is 84.5 Å². The molecule has 0 aliphatic rings. The minimum Gasteiger partial charge on any atom is -0.459 e. The molecule has 1 atom stereocenters. The molecule has 0 saturated carbocycles. The monoisotopic (exact) mass is 338 g/mol. The summed E-state index contributed by atoms with van der Waals surface area (Å²) in [6.45, 7) is 0.265. The fourth-order valence-electron chi connectivity index (χ4n) is 2.45. The molecule has 2 heterocycles. The van der Waals surface area contributed by atoms with Gasteiger partial charge in [0.05, 0.1) is 18.6 Å². The normalized spacial score (nSPS) is 11.7. The van der Waals surface area contributed by atoms with Gasteiger partial charge in [-0.15, -0.1) is 0 Å². The van der Waals surface area contributed by atoms with Gasteiger partial charge in [-0.2, -0.15) is 0 Å². The third-order valence-electron chi connectivity index (χ3n) is 3.66. The average Bonchev–Trinajstić information content (AvgIpc) is 3.33. The first-order valence-electron chi connectivity index (χ1n) is 7.92. The van der Waals surface area contributed by atoms with E-state index in [9.17, 15) is 9.59 Å². The maximum atomic E-state index is 12.2. The number of carbonyl (C=O) groups excluding carboxylic acids is 2. The van der Waals surface area contributed by atoms with Crippen LogP contribution >= 0.6 is 0 Å². The first-order chi connectivity index (χ1) is 12.2. The number of carbonyl (C=O) groups is 2. The Morgan fingerprint density at radius 2 is 1.48 bits per heavy atom. The van der Waals surface area contributed by atoms with Crippen LogP contribution in [0.1, 0.15) is 26.7 Å². The molecule has 0 aliphatic carbocycles. The fourth-order valence-corrected chi connectivity index (χ4v) is 2.45. The lowest BCUT2D eigenvalue weighted by Crippen LogP contribution is -2.44. The Bertz CT molecular complexity index is 795. The highest BCUT2D eigenvalue weighted by atomic mass is 16.3. The Balaban J connectivity index is 1.65. The van der Waals surface area contributed by atoms with Gasteiger partial charge in [-0.1, -0.05) is 30.3 Å². The second-order valence-electron chi connectivity index (χ2n) is 5.52. The van der Waals surface area contributed by atoms with E-state index in [1.54, 1.807) is 24.3 Å². The quantitative estimate of drug-likeness (QED) is 0.693. The van der Waals surface area contributed by atoms with Crippen molar-refractivity contribution in [2.45, 2.75) is 12.5 Å². The van der Waals surface area contributed by atoms with Crippen LogP contribution < -0.4 is 10.6 Å². The molecule has 1 aromatic carbocycles. The number of nitrogens with one attached hydrogen (secondary N) is 2. The molecule has 6 heteroatoms. The van der Waals surface area contributed by atoms with E-state index < -0.39 is 0 Å². The largest absolute Gasteiger partial charge is 0.459 e. The number of furan rings is 2. The zero-order valence-corrected chi connectivity index (χ0v) is 13.5. The van der Waals surface area contributed by atoms with Crippen LogP contribution in [0.2, 0.25) is 0 Å². The van der Waals surface area contributed by atoms with Gasteiger partial charge in [0.25, 0.3) is 11.8 Å². The van der Waals surface area contributed by atoms with Crippen molar-refractivity contribution in [2.24, 2.45) is 0 Å². The summed E-state index contributed by atoms with van der Waals surface area (Å²) in [5, 5.41) is 5.67. The summed E-state index contributed by atoms with van der Waals surface area (Å²) in [4.78, 5) is 24.3. The molecule has 0 unspecified atom stereocenters. The Hall–Kier alpha value is -3.28. The van der Waals surface area contributed by atoms with Gasteiger partial charge in [-0.25, -0.2) is 0 Å². The predicted octanol–water partition coefficient (Wildman–Crippen LogP) is 2.64. The SMILES string of the molecule is O=C(NC[C@@H](Cc1ccccc1)NC(=O)c1ccco1)c1ccco1. The molecule has 3 aromatic rings. The van der Waals surface area contributed by atoms with Crippen LogP contribution in [0, 0.1) is 0 Å². The highest BCUT2D eigenvalue weighted by molar-refractivity contribution is 5.92. The van der Waals surface area contributed by atoms with Crippen LogP contribution in [0.5, 0.6) is 0 Å². The molecule has 2 amide bonds. The summed E-state index contributed by atoms with van der Waals surface area (Å²) in [6.07, 6.45) is 3.46. The van der Waals surface area contributed by atoms with Gasteiger partial charge in [-0.3, -0.25) is 9.59 Å². The molecule has 2 N–H and O–H groups in total. The predicted molar refractivity (Wildman–Crippen MR) is 91.1 cm³/mol. The minimum atomic E-state index is -0.324.